The van der Waals surface area contributed by atoms with E-state index in [0.717, 1.165) is 12.0 Å². The molecule has 8 nitrogen and oxygen atoms in total. The van der Waals surface area contributed by atoms with Gasteiger partial charge in [-0.05, 0) is 30.9 Å². The molecular weight excluding hydrogens is 360 g/mol. The molecule has 5 N–H and O–H groups in total. The number of aliphatic carboxylic acids is 1. The predicted octanol–water partition coefficient (Wildman–Crippen LogP) is 2.85. The first-order valence-electron chi connectivity index (χ1n) is 9.45. The van der Waals surface area contributed by atoms with Crippen LogP contribution in [0.4, 0.5) is 11.8 Å². The Labute approximate surface area is 164 Å². The zero-order valence-corrected chi connectivity index (χ0v) is 16.4. The van der Waals surface area contributed by atoms with Crippen molar-refractivity contribution in [3.63, 3.8) is 0 Å². The molecule has 0 fully saturated rings. The molecule has 1 aromatic heterocycles. The van der Waals surface area contributed by atoms with E-state index in [0.29, 0.717) is 43.1 Å². The number of carbonyl (C=O) groups is 1. The number of nitrogens with zero attached hydrogens (tertiary/aromatic N) is 2. The van der Waals surface area contributed by atoms with E-state index in [4.69, 9.17) is 26.0 Å². The highest BCUT2D eigenvalue weighted by Crippen LogP contribution is 2.27. The molecule has 28 heavy (non-hydrogen) atoms. The molecular formula is C20H28N4O4. The van der Waals surface area contributed by atoms with Crippen molar-refractivity contribution in [2.45, 2.75) is 52.1 Å². The Balaban J connectivity index is 1.98. The second kappa shape index (κ2) is 10.3. The number of benzene rings is 1. The SMILES string of the molecule is CCc1nc(N)nc(N)c1OC(CC)CCOc1ccccc1CCC(=O)O. The molecule has 0 bridgehead atoms. The Kier molecular flexibility index (Phi) is 7.86. The second-order valence-electron chi connectivity index (χ2n) is 6.38. The van der Waals surface area contributed by atoms with Gasteiger partial charge in [0.05, 0.1) is 12.3 Å². The van der Waals surface area contributed by atoms with Gasteiger partial charge in [-0.1, -0.05) is 32.0 Å². The van der Waals surface area contributed by atoms with Crippen LogP contribution < -0.4 is 20.9 Å². The van der Waals surface area contributed by atoms with E-state index in [1.165, 1.54) is 0 Å². The molecule has 1 atom stereocenters. The molecule has 0 saturated heterocycles. The molecule has 0 saturated carbocycles. The minimum Gasteiger partial charge on any atom is -0.493 e. The van der Waals surface area contributed by atoms with Crippen LogP contribution in [0.2, 0.25) is 0 Å². The van der Waals surface area contributed by atoms with Gasteiger partial charge in [0.15, 0.2) is 11.6 Å². The number of rotatable bonds is 11. The van der Waals surface area contributed by atoms with Gasteiger partial charge in [0.25, 0.3) is 0 Å². The van der Waals surface area contributed by atoms with E-state index in [-0.39, 0.29) is 24.3 Å². The van der Waals surface area contributed by atoms with Crippen molar-refractivity contribution in [3.05, 3.63) is 35.5 Å². The van der Waals surface area contributed by atoms with Crippen molar-refractivity contribution >= 4 is 17.7 Å². The Bertz CT molecular complexity index is 798. The number of nitrogens with two attached hydrogens (primary N) is 2. The van der Waals surface area contributed by atoms with Gasteiger partial charge in [0.1, 0.15) is 11.9 Å². The van der Waals surface area contributed by atoms with Crippen LogP contribution >= 0.6 is 0 Å². The summed E-state index contributed by atoms with van der Waals surface area (Å²) in [7, 11) is 0. The lowest BCUT2D eigenvalue weighted by Gasteiger charge is -2.20. The van der Waals surface area contributed by atoms with E-state index < -0.39 is 5.97 Å². The molecule has 0 aliphatic carbocycles. The molecule has 0 amide bonds. The van der Waals surface area contributed by atoms with Gasteiger partial charge >= 0.3 is 5.97 Å². The highest BCUT2D eigenvalue weighted by Gasteiger charge is 2.17. The molecule has 0 spiro atoms. The fourth-order valence-corrected chi connectivity index (χ4v) is 2.81. The van der Waals surface area contributed by atoms with Crippen LogP contribution in [-0.2, 0) is 17.6 Å². The Morgan fingerprint density at radius 1 is 1.21 bits per heavy atom. The number of anilines is 2. The van der Waals surface area contributed by atoms with Gasteiger partial charge in [-0.3, -0.25) is 4.79 Å². The van der Waals surface area contributed by atoms with Crippen molar-refractivity contribution in [2.24, 2.45) is 0 Å². The summed E-state index contributed by atoms with van der Waals surface area (Å²) in [6.45, 7) is 4.40. The number of aromatic nitrogens is 2. The molecule has 1 heterocycles. The topological polar surface area (TPSA) is 134 Å². The van der Waals surface area contributed by atoms with Crippen LogP contribution in [0.5, 0.6) is 11.5 Å². The molecule has 2 rings (SSSR count). The first kappa shape index (κ1) is 21.3. The Hall–Kier alpha value is -3.03. The van der Waals surface area contributed by atoms with Crippen molar-refractivity contribution in [2.75, 3.05) is 18.1 Å². The number of hydrogen-bond donors (Lipinski definition) is 3. The van der Waals surface area contributed by atoms with E-state index in [2.05, 4.69) is 9.97 Å². The standard InChI is InChI=1S/C20H28N4O4/c1-3-14(28-18-15(4-2)23-20(22)24-19(18)21)11-12-27-16-8-6-5-7-13(16)9-10-17(25)26/h5-8,14H,3-4,9-12H2,1-2H3,(H,25,26)(H4,21,22,23,24). The Morgan fingerprint density at radius 3 is 2.64 bits per heavy atom. The van der Waals surface area contributed by atoms with Gasteiger partial charge in [0, 0.05) is 12.8 Å². The third kappa shape index (κ3) is 6.00. The normalized spacial score (nSPS) is 11.8. The summed E-state index contributed by atoms with van der Waals surface area (Å²) in [4.78, 5) is 19.0. The number of nitrogen functional groups attached to an aromatic ring is 2. The fourth-order valence-electron chi connectivity index (χ4n) is 2.81. The number of carboxylic acids is 1. The highest BCUT2D eigenvalue weighted by atomic mass is 16.5. The van der Waals surface area contributed by atoms with Crippen LogP contribution in [0.3, 0.4) is 0 Å². The summed E-state index contributed by atoms with van der Waals surface area (Å²) in [5, 5.41) is 8.88. The summed E-state index contributed by atoms with van der Waals surface area (Å²) in [5.74, 6) is 0.719. The number of carboxylic acid groups (broad SMARTS) is 1. The summed E-state index contributed by atoms with van der Waals surface area (Å²) < 4.78 is 11.9. The fraction of sp³-hybridized carbons (Fsp3) is 0.450. The lowest BCUT2D eigenvalue weighted by atomic mass is 10.1. The van der Waals surface area contributed by atoms with Crippen LogP contribution in [0.25, 0.3) is 0 Å². The first-order chi connectivity index (χ1) is 13.4. The monoisotopic (exact) mass is 388 g/mol. The quantitative estimate of drug-likeness (QED) is 0.535. The molecule has 0 aliphatic heterocycles. The number of para-hydroxylation sites is 1. The second-order valence-corrected chi connectivity index (χ2v) is 6.38. The van der Waals surface area contributed by atoms with Crippen LogP contribution in [-0.4, -0.2) is 33.8 Å². The third-order valence-electron chi connectivity index (χ3n) is 4.33. The zero-order chi connectivity index (χ0) is 20.5. The molecule has 0 radical (unpaired) electrons. The van der Waals surface area contributed by atoms with Gasteiger partial charge in [-0.25, -0.2) is 4.98 Å². The average Bonchev–Trinajstić information content (AvgIpc) is 2.67. The molecule has 152 valence electrons. The summed E-state index contributed by atoms with van der Waals surface area (Å²) >= 11 is 0. The molecule has 8 heteroatoms. The van der Waals surface area contributed by atoms with Gasteiger partial charge < -0.3 is 26.0 Å². The number of hydrogen-bond acceptors (Lipinski definition) is 7. The highest BCUT2D eigenvalue weighted by molar-refractivity contribution is 5.67. The summed E-state index contributed by atoms with van der Waals surface area (Å²) in [5.41, 5.74) is 13.2. The third-order valence-corrected chi connectivity index (χ3v) is 4.33. The summed E-state index contributed by atoms with van der Waals surface area (Å²) in [6.07, 6.45) is 2.41. The van der Waals surface area contributed by atoms with Crippen LogP contribution in [0.15, 0.2) is 24.3 Å². The van der Waals surface area contributed by atoms with Crippen molar-refractivity contribution < 1.29 is 19.4 Å². The number of aryl methyl sites for hydroxylation is 2. The molecule has 1 aromatic carbocycles. The number of ether oxygens (including phenoxy) is 2. The largest absolute Gasteiger partial charge is 0.493 e. The van der Waals surface area contributed by atoms with Crippen molar-refractivity contribution in [1.82, 2.24) is 9.97 Å². The minimum absolute atomic E-state index is 0.0667. The molecule has 0 aliphatic rings. The molecule has 2 aromatic rings. The maximum absolute atomic E-state index is 10.8. The van der Waals surface area contributed by atoms with E-state index in [1.807, 2.05) is 38.1 Å². The average molecular weight is 388 g/mol. The maximum atomic E-state index is 10.8. The van der Waals surface area contributed by atoms with Gasteiger partial charge in [-0.2, -0.15) is 4.98 Å². The van der Waals surface area contributed by atoms with E-state index in [9.17, 15) is 4.79 Å². The maximum Gasteiger partial charge on any atom is 0.303 e. The summed E-state index contributed by atoms with van der Waals surface area (Å²) in [6, 6.07) is 7.47. The first-order valence-corrected chi connectivity index (χ1v) is 9.45. The van der Waals surface area contributed by atoms with Gasteiger partial charge in [-0.15, -0.1) is 0 Å². The lowest BCUT2D eigenvalue weighted by molar-refractivity contribution is -0.136. The van der Waals surface area contributed by atoms with Crippen LogP contribution in [0.1, 0.15) is 44.4 Å². The zero-order valence-electron chi connectivity index (χ0n) is 16.4. The van der Waals surface area contributed by atoms with Crippen molar-refractivity contribution in [3.8, 4) is 11.5 Å². The van der Waals surface area contributed by atoms with Gasteiger partial charge in [0.2, 0.25) is 5.95 Å². The Morgan fingerprint density at radius 2 is 1.96 bits per heavy atom. The smallest absolute Gasteiger partial charge is 0.303 e. The predicted molar refractivity (Wildman–Crippen MR) is 107 cm³/mol. The lowest BCUT2D eigenvalue weighted by Crippen LogP contribution is -2.21. The van der Waals surface area contributed by atoms with Crippen molar-refractivity contribution in [1.29, 1.82) is 0 Å². The molecule has 1 unspecified atom stereocenters. The van der Waals surface area contributed by atoms with Crippen LogP contribution in [0, 0.1) is 0 Å². The minimum atomic E-state index is -0.829. The van der Waals surface area contributed by atoms with E-state index >= 15 is 0 Å². The van der Waals surface area contributed by atoms with E-state index in [1.54, 1.807) is 0 Å².